The molecule has 1 unspecified atom stereocenters. The molecule has 67 heavy (non-hydrogen) atoms. The molecule has 1 atom stereocenters. The van der Waals surface area contributed by atoms with E-state index in [4.69, 9.17) is 14.0 Å². The quantitative estimate of drug-likeness (QED) is 0.0156. The summed E-state index contributed by atoms with van der Waals surface area (Å²) in [5.74, 6) is -39.8. The van der Waals surface area contributed by atoms with Gasteiger partial charge in [0, 0.05) is 6.07 Å². The van der Waals surface area contributed by atoms with Gasteiger partial charge in [-0.2, -0.15) is 17.6 Å². The Hall–Kier alpha value is -4.95. The van der Waals surface area contributed by atoms with E-state index in [1.54, 1.807) is 0 Å². The Morgan fingerprint density at radius 1 is 0.418 bits per heavy atom. The van der Waals surface area contributed by atoms with Crippen LogP contribution in [0.4, 0.5) is 71.5 Å². The molecule has 0 radical (unpaired) electrons. The molecule has 4 rings (SSSR count). The molecule has 0 bridgehead atoms. The number of aromatic hydroxyl groups is 1. The SMILES string of the molecule is CCCCCCCCCCCCCCCCCC[NH+](CCCC)c1cc(O)ccc1OB(Oc1c(F)c(F)c(F)c(F)c1F)Oc1c(F)c(F)c(F)c(F)c1F.Fc1[c-]c(F)c(F)c(F)c1F. The average Bonchev–Trinajstić information content (AvgIpc) is 3.31. The molecule has 0 aliphatic heterocycles. The van der Waals surface area contributed by atoms with Crippen LogP contribution in [0.25, 0.3) is 0 Å². The van der Waals surface area contributed by atoms with Crippen molar-refractivity contribution >= 4 is 13.0 Å². The van der Waals surface area contributed by atoms with E-state index in [2.05, 4.69) is 6.92 Å². The highest BCUT2D eigenvalue weighted by atomic mass is 19.2. The van der Waals surface area contributed by atoms with Crippen molar-refractivity contribution in [3.05, 3.63) is 112 Å². The number of quaternary nitrogens is 1. The lowest BCUT2D eigenvalue weighted by molar-refractivity contribution is -0.833. The molecular formula is C46H51BF15NO4. The van der Waals surface area contributed by atoms with E-state index in [0.29, 0.717) is 30.8 Å². The van der Waals surface area contributed by atoms with Crippen molar-refractivity contribution < 1.29 is 89.8 Å². The van der Waals surface area contributed by atoms with Gasteiger partial charge in [-0.1, -0.05) is 110 Å². The molecule has 372 valence electrons. The van der Waals surface area contributed by atoms with Crippen LogP contribution in [-0.2, 0) is 0 Å². The number of nitrogens with one attached hydrogen (secondary N) is 1. The lowest BCUT2D eigenvalue weighted by Gasteiger charge is -2.24. The van der Waals surface area contributed by atoms with E-state index in [-0.39, 0.29) is 17.2 Å². The van der Waals surface area contributed by atoms with E-state index >= 15 is 0 Å². The van der Waals surface area contributed by atoms with Gasteiger partial charge in [0.05, 0.1) is 42.2 Å². The Bertz CT molecular complexity index is 2050. The topological polar surface area (TPSA) is 52.4 Å². The van der Waals surface area contributed by atoms with Gasteiger partial charge in [-0.05, 0) is 31.4 Å². The highest BCUT2D eigenvalue weighted by Crippen LogP contribution is 2.34. The lowest BCUT2D eigenvalue weighted by atomic mass is 10.0. The molecule has 0 amide bonds. The molecule has 0 heterocycles. The summed E-state index contributed by atoms with van der Waals surface area (Å²) < 4.78 is 217. The molecule has 0 aliphatic rings. The molecular weight excluding hydrogens is 926 g/mol. The minimum absolute atomic E-state index is 0.173. The molecule has 2 N–H and O–H groups in total. The predicted molar refractivity (Wildman–Crippen MR) is 218 cm³/mol. The molecule has 0 aliphatic carbocycles. The van der Waals surface area contributed by atoms with Gasteiger partial charge in [-0.15, -0.1) is 6.07 Å². The van der Waals surface area contributed by atoms with E-state index < -0.39 is 106 Å². The summed E-state index contributed by atoms with van der Waals surface area (Å²) in [7, 11) is -2.91. The highest BCUT2D eigenvalue weighted by molar-refractivity contribution is 6.39. The predicted octanol–water partition coefficient (Wildman–Crippen LogP) is 14.1. The highest BCUT2D eigenvalue weighted by Gasteiger charge is 2.41. The molecule has 0 saturated carbocycles. The molecule has 5 nitrogen and oxygen atoms in total. The van der Waals surface area contributed by atoms with E-state index in [9.17, 15) is 71.0 Å². The second kappa shape index (κ2) is 28.4. The number of halogens is 15. The van der Waals surface area contributed by atoms with Gasteiger partial charge in [0.2, 0.25) is 58.2 Å². The van der Waals surface area contributed by atoms with Gasteiger partial charge in [-0.25, -0.2) is 39.5 Å². The third-order valence-electron chi connectivity index (χ3n) is 10.5. The van der Waals surface area contributed by atoms with Crippen molar-refractivity contribution in [1.82, 2.24) is 0 Å². The zero-order chi connectivity index (χ0) is 49.8. The van der Waals surface area contributed by atoms with Gasteiger partial charge >= 0.3 is 7.32 Å². The maximum atomic E-state index is 14.7. The summed E-state index contributed by atoms with van der Waals surface area (Å²) in [4.78, 5) is 0.703. The number of phenols is 1. The third-order valence-corrected chi connectivity index (χ3v) is 10.5. The summed E-state index contributed by atoms with van der Waals surface area (Å²) >= 11 is 0. The molecule has 21 heteroatoms. The number of hydrogen-bond acceptors (Lipinski definition) is 4. The van der Waals surface area contributed by atoms with Crippen LogP contribution in [0.3, 0.4) is 0 Å². The van der Waals surface area contributed by atoms with Gasteiger partial charge < -0.3 is 19.1 Å². The monoisotopic (exact) mass is 977 g/mol. The van der Waals surface area contributed by atoms with Gasteiger partial charge in [0.25, 0.3) is 0 Å². The summed E-state index contributed by atoms with van der Waals surface area (Å²) in [5.41, 5.74) is 0.173. The first-order valence-electron chi connectivity index (χ1n) is 22.0. The lowest BCUT2D eigenvalue weighted by Crippen LogP contribution is -3.07. The molecule has 0 spiro atoms. The van der Waals surface area contributed by atoms with Crippen LogP contribution in [0.1, 0.15) is 129 Å². The standard InChI is InChI=1S/C40H50BF10NO4.C6F5/c1-3-5-7-8-9-10-11-12-13-14-15-16-17-18-19-20-24-52(23-6-4-2)27-25-26(53)21-22-28(27)54-41(55-39-35(48)31(44)29(42)32(45)36(39)49)56-40-37(50)33(46)30(43)34(47)38(40)51;7-2-1-3(8)5(10)6(11)4(2)9/h21-22,25,53H,3-20,23-24H2,1-2H3;/q;-1/p+1. The summed E-state index contributed by atoms with van der Waals surface area (Å²) in [6.07, 6.45) is 20.1. The van der Waals surface area contributed by atoms with Crippen molar-refractivity contribution in [1.29, 1.82) is 0 Å². The fourth-order valence-electron chi connectivity index (χ4n) is 6.81. The minimum atomic E-state index is -2.91. The molecule has 4 aromatic rings. The summed E-state index contributed by atoms with van der Waals surface area (Å²) in [5, 5.41) is 10.4. The van der Waals surface area contributed by atoms with Crippen molar-refractivity contribution in [3.8, 4) is 23.0 Å². The normalized spacial score (nSPS) is 11.7. The van der Waals surface area contributed by atoms with Crippen LogP contribution < -0.4 is 18.9 Å². The zero-order valence-electron chi connectivity index (χ0n) is 36.8. The first-order valence-corrected chi connectivity index (χ1v) is 22.0. The Labute approximate surface area is 379 Å². The summed E-state index contributed by atoms with van der Waals surface area (Å²) in [6, 6.07) is 4.46. The Morgan fingerprint density at radius 2 is 0.746 bits per heavy atom. The molecule has 4 aromatic carbocycles. The van der Waals surface area contributed by atoms with Crippen LogP contribution in [0.15, 0.2) is 18.2 Å². The average molecular weight is 978 g/mol. The fraction of sp³-hybridized carbons (Fsp3) is 0.478. The van der Waals surface area contributed by atoms with Crippen LogP contribution in [-0.4, -0.2) is 25.5 Å². The van der Waals surface area contributed by atoms with Crippen molar-refractivity contribution in [2.45, 2.75) is 129 Å². The van der Waals surface area contributed by atoms with Crippen molar-refractivity contribution in [3.63, 3.8) is 0 Å². The van der Waals surface area contributed by atoms with Crippen LogP contribution in [0, 0.1) is 93.3 Å². The van der Waals surface area contributed by atoms with E-state index in [1.165, 1.54) is 70.3 Å². The third kappa shape index (κ3) is 16.4. The Morgan fingerprint density at radius 3 is 1.13 bits per heavy atom. The largest absolute Gasteiger partial charge is 0.864 e. The summed E-state index contributed by atoms with van der Waals surface area (Å²) in [6.45, 7) is 5.07. The Balaban J connectivity index is 0.000000943. The second-order valence-corrected chi connectivity index (χ2v) is 15.6. The Kier molecular flexibility index (Phi) is 23.9. The maximum Gasteiger partial charge on any atom is 0.864 e. The molecule has 0 aromatic heterocycles. The van der Waals surface area contributed by atoms with Crippen molar-refractivity contribution in [2.24, 2.45) is 0 Å². The van der Waals surface area contributed by atoms with Gasteiger partial charge in [0.1, 0.15) is 5.75 Å². The fourth-order valence-corrected chi connectivity index (χ4v) is 6.81. The van der Waals surface area contributed by atoms with Crippen LogP contribution >= 0.6 is 0 Å². The number of benzene rings is 4. The number of rotatable bonds is 27. The first-order chi connectivity index (χ1) is 31.9. The van der Waals surface area contributed by atoms with Gasteiger partial charge in [0.15, 0.2) is 22.9 Å². The second-order valence-electron chi connectivity index (χ2n) is 15.6. The van der Waals surface area contributed by atoms with Gasteiger partial charge in [-0.3, -0.25) is 13.7 Å². The number of phenolic OH excluding ortho intramolecular Hbond substituents is 1. The van der Waals surface area contributed by atoms with E-state index in [0.717, 1.165) is 56.7 Å². The molecule has 0 fully saturated rings. The van der Waals surface area contributed by atoms with Crippen LogP contribution in [0.5, 0.6) is 23.0 Å². The van der Waals surface area contributed by atoms with E-state index in [1.807, 2.05) is 6.92 Å². The number of hydrogen-bond donors (Lipinski definition) is 2. The minimum Gasteiger partial charge on any atom is -0.508 e. The number of unbranched alkanes of at least 4 members (excludes halogenated alkanes) is 16. The van der Waals surface area contributed by atoms with Crippen molar-refractivity contribution in [2.75, 3.05) is 13.1 Å². The van der Waals surface area contributed by atoms with Crippen LogP contribution in [0.2, 0.25) is 0 Å². The molecule has 0 saturated heterocycles. The zero-order valence-corrected chi connectivity index (χ0v) is 36.8. The first kappa shape index (κ1) is 56.4. The maximum absolute atomic E-state index is 14.7. The smallest absolute Gasteiger partial charge is 0.508 e.